The monoisotopic (exact) mass is 810 g/mol. The lowest BCUT2D eigenvalue weighted by molar-refractivity contribution is -0.277. The number of aliphatic hydroxyl groups excluding tert-OH is 8. The van der Waals surface area contributed by atoms with E-state index in [2.05, 4.69) is 0 Å². The van der Waals surface area contributed by atoms with Gasteiger partial charge in [0.25, 0.3) is 0 Å². The predicted octanol–water partition coefficient (Wildman–Crippen LogP) is 0.00800. The third-order valence-corrected chi connectivity index (χ3v) is 10.3. The average Bonchev–Trinajstić information content (AvgIpc) is 3.61. The Balaban J connectivity index is 1.36. The van der Waals surface area contributed by atoms with Crippen LogP contribution in [0.25, 0.3) is 12.2 Å². The van der Waals surface area contributed by atoms with Crippen LogP contribution < -0.4 is 14.2 Å². The van der Waals surface area contributed by atoms with Crippen molar-refractivity contribution in [3.8, 4) is 46.0 Å². The smallest absolute Gasteiger partial charge is 0.229 e. The number of benzene rings is 4. The molecule has 12 atom stereocenters. The minimum Gasteiger partial charge on any atom is -0.508 e. The SMILES string of the molecule is OC[C@H]1O[C@@H](Oc2c(O)cc([C@@H]3c4c(/C=C/c5ccc(O)cc5)cc(O)c(O[C@@H]5O[C@H](CO)[C@@H](O)[C@H](O)[C@H]5O)c4O[C@H]3c3ccc(O)cc3)cc2O)[C@H](O)[C@@H](O)[C@@H]1O. The Morgan fingerprint density at radius 1 is 0.534 bits per heavy atom. The number of aliphatic hydroxyl groups is 8. The molecule has 0 radical (unpaired) electrons. The van der Waals surface area contributed by atoms with E-state index >= 15 is 0 Å². The first-order chi connectivity index (χ1) is 27.7. The van der Waals surface area contributed by atoms with Crippen LogP contribution in [0.3, 0.4) is 0 Å². The summed E-state index contributed by atoms with van der Waals surface area (Å²) >= 11 is 0. The lowest BCUT2D eigenvalue weighted by atomic mass is 9.82. The molecule has 0 unspecified atom stereocenters. The number of ether oxygens (including phenoxy) is 5. The summed E-state index contributed by atoms with van der Waals surface area (Å²) in [7, 11) is 0. The molecule has 4 aromatic carbocycles. The predicted molar refractivity (Wildman–Crippen MR) is 197 cm³/mol. The molecule has 13 N–H and O–H groups in total. The molecule has 3 aliphatic rings. The molecule has 0 aromatic heterocycles. The molecule has 2 fully saturated rings. The van der Waals surface area contributed by atoms with Crippen molar-refractivity contribution in [1.82, 2.24) is 0 Å². The number of phenols is 5. The molecule has 58 heavy (non-hydrogen) atoms. The van der Waals surface area contributed by atoms with E-state index in [-0.39, 0.29) is 28.4 Å². The Kier molecular flexibility index (Phi) is 11.6. The van der Waals surface area contributed by atoms with Gasteiger partial charge < -0.3 is 90.1 Å². The Labute approximate surface area is 329 Å². The average molecular weight is 811 g/mol. The summed E-state index contributed by atoms with van der Waals surface area (Å²) in [5, 5.41) is 136. The standard InChI is InChI=1S/C40H42O18/c41-14-25-29(48)31(50)33(52)39(54-25)57-36-22(45)12-19(13-23(36)46)28-27-18(4-1-16-2-7-20(43)8-3-16)11-24(47)37(38(27)56-35(28)17-5-9-21(44)10-6-17)58-40-34(53)32(51)30(49)26(15-42)55-40/h1-13,25-26,28-35,39-53H,14-15H2/b4-1+/t25-,26-,28-,29-,30-,31+,32+,33-,34-,35+,39+,40+/m1/s1. The highest BCUT2D eigenvalue weighted by molar-refractivity contribution is 5.78. The fourth-order valence-electron chi connectivity index (χ4n) is 7.22. The van der Waals surface area contributed by atoms with Crippen molar-refractivity contribution in [3.63, 3.8) is 0 Å². The van der Waals surface area contributed by atoms with E-state index in [1.54, 1.807) is 36.4 Å². The molecule has 4 aromatic rings. The van der Waals surface area contributed by atoms with Crippen molar-refractivity contribution in [1.29, 1.82) is 0 Å². The topological polar surface area (TPSA) is 309 Å². The zero-order valence-corrected chi connectivity index (χ0v) is 30.2. The molecule has 3 aliphatic heterocycles. The van der Waals surface area contributed by atoms with Gasteiger partial charge in [0.15, 0.2) is 23.0 Å². The molecule has 0 saturated carbocycles. The first-order valence-corrected chi connectivity index (χ1v) is 18.0. The molecule has 310 valence electrons. The third kappa shape index (κ3) is 7.65. The quantitative estimate of drug-likeness (QED) is 0.0939. The van der Waals surface area contributed by atoms with Gasteiger partial charge in [0, 0.05) is 5.56 Å². The number of rotatable bonds is 10. The van der Waals surface area contributed by atoms with E-state index < -0.39 is 115 Å². The summed E-state index contributed by atoms with van der Waals surface area (Å²) in [4.78, 5) is 0. The second kappa shape index (κ2) is 16.5. The first-order valence-electron chi connectivity index (χ1n) is 18.0. The van der Waals surface area contributed by atoms with E-state index in [9.17, 15) is 66.4 Å². The number of fused-ring (bicyclic) bond motifs is 1. The van der Waals surface area contributed by atoms with Crippen molar-refractivity contribution in [3.05, 3.63) is 94.5 Å². The van der Waals surface area contributed by atoms with Gasteiger partial charge in [-0.1, -0.05) is 36.4 Å². The number of aromatic hydroxyl groups is 5. The van der Waals surface area contributed by atoms with E-state index in [1.807, 2.05) is 0 Å². The highest BCUT2D eigenvalue weighted by atomic mass is 16.7. The van der Waals surface area contributed by atoms with Gasteiger partial charge in [-0.05, 0) is 64.7 Å². The van der Waals surface area contributed by atoms with Crippen molar-refractivity contribution >= 4 is 12.2 Å². The summed E-state index contributed by atoms with van der Waals surface area (Å²) in [5.74, 6) is -4.13. The number of phenolic OH excluding ortho intramolecular Hbond substituents is 5. The third-order valence-electron chi connectivity index (χ3n) is 10.3. The van der Waals surface area contributed by atoms with Gasteiger partial charge in [-0.15, -0.1) is 0 Å². The van der Waals surface area contributed by atoms with Gasteiger partial charge in [-0.3, -0.25) is 0 Å². The minimum absolute atomic E-state index is 0.0224. The van der Waals surface area contributed by atoms with E-state index in [0.717, 1.165) is 0 Å². The fourth-order valence-corrected chi connectivity index (χ4v) is 7.22. The Morgan fingerprint density at radius 2 is 1.02 bits per heavy atom. The normalized spacial score (nSPS) is 30.8. The number of hydrogen-bond donors (Lipinski definition) is 13. The molecule has 7 rings (SSSR count). The molecule has 2 saturated heterocycles. The Morgan fingerprint density at radius 3 is 1.53 bits per heavy atom. The molecular weight excluding hydrogens is 768 g/mol. The highest BCUT2D eigenvalue weighted by Gasteiger charge is 2.48. The molecule has 3 heterocycles. The van der Waals surface area contributed by atoms with Crippen molar-refractivity contribution < 1.29 is 90.1 Å². The zero-order chi connectivity index (χ0) is 41.6. The van der Waals surface area contributed by atoms with E-state index in [1.165, 1.54) is 42.5 Å². The van der Waals surface area contributed by atoms with Gasteiger partial charge >= 0.3 is 0 Å². The molecule has 0 bridgehead atoms. The van der Waals surface area contributed by atoms with E-state index in [4.69, 9.17) is 23.7 Å². The van der Waals surface area contributed by atoms with Crippen molar-refractivity contribution in [2.45, 2.75) is 73.4 Å². The van der Waals surface area contributed by atoms with Gasteiger partial charge in [-0.2, -0.15) is 0 Å². The van der Waals surface area contributed by atoms with Gasteiger partial charge in [-0.25, -0.2) is 0 Å². The minimum atomic E-state index is -1.88. The van der Waals surface area contributed by atoms with Crippen LogP contribution >= 0.6 is 0 Å². The van der Waals surface area contributed by atoms with Crippen LogP contribution in [-0.2, 0) is 9.47 Å². The van der Waals surface area contributed by atoms with Gasteiger partial charge in [0.2, 0.25) is 24.1 Å². The molecule has 18 nitrogen and oxygen atoms in total. The fraction of sp³-hybridized carbons (Fsp3) is 0.350. The molecular formula is C40H42O18. The molecule has 0 aliphatic carbocycles. The van der Waals surface area contributed by atoms with Gasteiger partial charge in [0.1, 0.15) is 66.4 Å². The van der Waals surface area contributed by atoms with Crippen LogP contribution in [0.4, 0.5) is 0 Å². The Bertz CT molecular complexity index is 2080. The van der Waals surface area contributed by atoms with Crippen LogP contribution in [0, 0.1) is 0 Å². The van der Waals surface area contributed by atoms with Gasteiger partial charge in [0.05, 0.1) is 19.1 Å². The zero-order valence-electron chi connectivity index (χ0n) is 30.2. The molecule has 18 heteroatoms. The first kappa shape index (κ1) is 40.8. The van der Waals surface area contributed by atoms with Crippen LogP contribution in [0.2, 0.25) is 0 Å². The molecule has 0 spiro atoms. The lowest BCUT2D eigenvalue weighted by Crippen LogP contribution is -2.60. The number of hydrogen-bond acceptors (Lipinski definition) is 18. The summed E-state index contributed by atoms with van der Waals surface area (Å²) in [6, 6.07) is 15.7. The maximum Gasteiger partial charge on any atom is 0.229 e. The second-order valence-corrected chi connectivity index (χ2v) is 14.1. The van der Waals surface area contributed by atoms with Crippen molar-refractivity contribution in [2.24, 2.45) is 0 Å². The highest BCUT2D eigenvalue weighted by Crippen LogP contribution is 2.59. The van der Waals surface area contributed by atoms with Crippen molar-refractivity contribution in [2.75, 3.05) is 13.2 Å². The van der Waals surface area contributed by atoms with Crippen LogP contribution in [0.1, 0.15) is 39.8 Å². The maximum atomic E-state index is 11.5. The molecule has 0 amide bonds. The summed E-state index contributed by atoms with van der Waals surface area (Å²) in [6.45, 7) is -1.52. The lowest BCUT2D eigenvalue weighted by Gasteiger charge is -2.39. The summed E-state index contributed by atoms with van der Waals surface area (Å²) in [5.41, 5.74) is 1.80. The maximum absolute atomic E-state index is 11.5. The summed E-state index contributed by atoms with van der Waals surface area (Å²) in [6.07, 6.45) is -14.9. The summed E-state index contributed by atoms with van der Waals surface area (Å²) < 4.78 is 29.0. The van der Waals surface area contributed by atoms with Crippen LogP contribution in [0.15, 0.2) is 66.7 Å². The van der Waals surface area contributed by atoms with Crippen LogP contribution in [-0.4, -0.2) is 141 Å². The second-order valence-electron chi connectivity index (χ2n) is 14.1. The van der Waals surface area contributed by atoms with E-state index in [0.29, 0.717) is 16.7 Å². The Hall–Kier alpha value is -5.38. The van der Waals surface area contributed by atoms with Crippen LogP contribution in [0.5, 0.6) is 46.0 Å². The largest absolute Gasteiger partial charge is 0.508 e.